The van der Waals surface area contributed by atoms with E-state index in [-0.39, 0.29) is 23.8 Å². The highest BCUT2D eigenvalue weighted by Gasteiger charge is 2.36. The molecule has 2 aliphatic carbocycles. The minimum atomic E-state index is -0.369. The number of hydrogen-bond acceptors (Lipinski definition) is 3. The van der Waals surface area contributed by atoms with Gasteiger partial charge in [0.25, 0.3) is 5.91 Å². The number of hydrogen-bond donors (Lipinski definition) is 1. The van der Waals surface area contributed by atoms with Crippen LogP contribution in [0.4, 0.5) is 0 Å². The zero-order chi connectivity index (χ0) is 18.0. The van der Waals surface area contributed by atoms with E-state index in [0.717, 1.165) is 6.42 Å². The number of esters is 1. The first kappa shape index (κ1) is 17.7. The summed E-state index contributed by atoms with van der Waals surface area (Å²) in [6.07, 6.45) is 6.83. The van der Waals surface area contributed by atoms with Crippen molar-refractivity contribution < 1.29 is 14.3 Å². The first-order valence-electron chi connectivity index (χ1n) is 9.05. The predicted octanol–water partition coefficient (Wildman–Crippen LogP) is 3.47. The Morgan fingerprint density at radius 1 is 1.12 bits per heavy atom. The maximum Gasteiger partial charge on any atom is 0.325 e. The SMILES string of the molecule is CC(C)(C)c1ccc(C(=O)NCC(=O)OCC2CC3C=CC2C3)cc1. The number of ether oxygens (including phenoxy) is 1. The minimum Gasteiger partial charge on any atom is -0.464 e. The minimum absolute atomic E-state index is 0.0493. The van der Waals surface area contributed by atoms with Crippen molar-refractivity contribution in [2.75, 3.05) is 13.2 Å². The molecular formula is C21H27NO3. The third-order valence-corrected chi connectivity index (χ3v) is 5.28. The van der Waals surface area contributed by atoms with Crippen molar-refractivity contribution in [1.29, 1.82) is 0 Å². The molecule has 25 heavy (non-hydrogen) atoms. The highest BCUT2D eigenvalue weighted by atomic mass is 16.5. The summed E-state index contributed by atoms with van der Waals surface area (Å²) >= 11 is 0. The van der Waals surface area contributed by atoms with Gasteiger partial charge < -0.3 is 10.1 Å². The molecule has 1 saturated carbocycles. The van der Waals surface area contributed by atoms with Crippen LogP contribution in [0.3, 0.4) is 0 Å². The van der Waals surface area contributed by atoms with E-state index in [1.54, 1.807) is 12.1 Å². The molecule has 1 fully saturated rings. The Labute approximate surface area is 149 Å². The first-order chi connectivity index (χ1) is 11.8. The molecule has 4 nitrogen and oxygen atoms in total. The number of carbonyl (C=O) groups is 2. The van der Waals surface area contributed by atoms with Crippen LogP contribution in [0.15, 0.2) is 36.4 Å². The standard InChI is InChI=1S/C21H27NO3/c1-21(2,3)18-8-6-15(7-9-18)20(24)22-12-19(23)25-13-17-11-14-4-5-16(17)10-14/h4-9,14,16-17H,10-13H2,1-3H3,(H,22,24). The normalized spacial score (nSPS) is 24.4. The van der Waals surface area contributed by atoms with Gasteiger partial charge in [-0.3, -0.25) is 9.59 Å². The van der Waals surface area contributed by atoms with E-state index in [1.807, 2.05) is 12.1 Å². The second kappa shape index (κ2) is 7.03. The third kappa shape index (κ3) is 4.30. The van der Waals surface area contributed by atoms with Gasteiger partial charge in [0, 0.05) is 5.56 Å². The molecule has 0 saturated heterocycles. The van der Waals surface area contributed by atoms with Gasteiger partial charge in [-0.1, -0.05) is 45.1 Å². The Hall–Kier alpha value is -2.10. The lowest BCUT2D eigenvalue weighted by atomic mass is 9.87. The molecule has 0 aliphatic heterocycles. The van der Waals surface area contributed by atoms with Gasteiger partial charge in [-0.2, -0.15) is 0 Å². The Kier molecular flexibility index (Phi) is 4.98. The maximum absolute atomic E-state index is 12.1. The van der Waals surface area contributed by atoms with Crippen molar-refractivity contribution in [3.63, 3.8) is 0 Å². The summed E-state index contributed by atoms with van der Waals surface area (Å²) in [6.45, 7) is 6.76. The van der Waals surface area contributed by atoms with E-state index in [9.17, 15) is 9.59 Å². The molecule has 1 amide bonds. The van der Waals surface area contributed by atoms with E-state index >= 15 is 0 Å². The highest BCUT2D eigenvalue weighted by molar-refractivity contribution is 5.95. The Bertz CT molecular complexity index is 669. The van der Waals surface area contributed by atoms with Gasteiger partial charge in [0.1, 0.15) is 6.54 Å². The molecule has 134 valence electrons. The molecular weight excluding hydrogens is 314 g/mol. The third-order valence-electron chi connectivity index (χ3n) is 5.28. The van der Waals surface area contributed by atoms with Crippen LogP contribution in [0.25, 0.3) is 0 Å². The van der Waals surface area contributed by atoms with Crippen LogP contribution >= 0.6 is 0 Å². The molecule has 1 N–H and O–H groups in total. The number of allylic oxidation sites excluding steroid dienone is 2. The summed E-state index contributed by atoms with van der Waals surface area (Å²) in [5.41, 5.74) is 1.77. The van der Waals surface area contributed by atoms with Crippen molar-refractivity contribution in [2.45, 2.75) is 39.0 Å². The van der Waals surface area contributed by atoms with Gasteiger partial charge in [0.2, 0.25) is 0 Å². The van der Waals surface area contributed by atoms with E-state index in [1.165, 1.54) is 12.0 Å². The summed E-state index contributed by atoms with van der Waals surface area (Å²) in [5, 5.41) is 2.64. The van der Waals surface area contributed by atoms with Gasteiger partial charge >= 0.3 is 5.97 Å². The molecule has 0 spiro atoms. The highest BCUT2D eigenvalue weighted by Crippen LogP contribution is 2.43. The molecule has 2 bridgehead atoms. The fraction of sp³-hybridized carbons (Fsp3) is 0.524. The largest absolute Gasteiger partial charge is 0.464 e. The lowest BCUT2D eigenvalue weighted by molar-refractivity contribution is -0.144. The molecule has 3 rings (SSSR count). The van der Waals surface area contributed by atoms with Crippen LogP contribution < -0.4 is 5.32 Å². The number of nitrogens with one attached hydrogen (secondary N) is 1. The van der Waals surface area contributed by atoms with Gasteiger partial charge in [0.15, 0.2) is 0 Å². The maximum atomic E-state index is 12.1. The monoisotopic (exact) mass is 341 g/mol. The Balaban J connectivity index is 1.42. The molecule has 0 radical (unpaired) electrons. The van der Waals surface area contributed by atoms with Crippen LogP contribution in [0.5, 0.6) is 0 Å². The Morgan fingerprint density at radius 2 is 1.84 bits per heavy atom. The average Bonchev–Trinajstić information content (AvgIpc) is 3.20. The molecule has 4 heteroatoms. The number of benzene rings is 1. The van der Waals surface area contributed by atoms with E-state index in [2.05, 4.69) is 38.2 Å². The lowest BCUT2D eigenvalue weighted by Gasteiger charge is -2.19. The van der Waals surface area contributed by atoms with Crippen molar-refractivity contribution in [1.82, 2.24) is 5.32 Å². The molecule has 1 aromatic rings. The van der Waals surface area contributed by atoms with E-state index < -0.39 is 0 Å². The summed E-state index contributed by atoms with van der Waals surface area (Å²) in [7, 11) is 0. The molecule has 1 aromatic carbocycles. The lowest BCUT2D eigenvalue weighted by Crippen LogP contribution is -2.31. The summed E-state index contributed by atoms with van der Waals surface area (Å²) in [4.78, 5) is 24.0. The second-order valence-electron chi connectivity index (χ2n) is 8.23. The predicted molar refractivity (Wildman–Crippen MR) is 97.3 cm³/mol. The fourth-order valence-electron chi connectivity index (χ4n) is 3.71. The molecule has 0 aromatic heterocycles. The number of fused-ring (bicyclic) bond motifs is 2. The van der Waals surface area contributed by atoms with Gasteiger partial charge in [-0.15, -0.1) is 0 Å². The summed E-state index contributed by atoms with van der Waals surface area (Å²) < 4.78 is 5.34. The van der Waals surface area contributed by atoms with Crippen LogP contribution in [0.1, 0.15) is 49.5 Å². The van der Waals surface area contributed by atoms with Gasteiger partial charge in [-0.05, 0) is 53.7 Å². The van der Waals surface area contributed by atoms with Crippen LogP contribution in [-0.4, -0.2) is 25.0 Å². The van der Waals surface area contributed by atoms with Crippen LogP contribution in [0, 0.1) is 17.8 Å². The van der Waals surface area contributed by atoms with E-state index in [0.29, 0.717) is 29.9 Å². The quantitative estimate of drug-likeness (QED) is 0.659. The van der Waals surface area contributed by atoms with E-state index in [4.69, 9.17) is 4.74 Å². The molecule has 3 unspecified atom stereocenters. The van der Waals surface area contributed by atoms with Crippen molar-refractivity contribution in [3.05, 3.63) is 47.5 Å². The van der Waals surface area contributed by atoms with Gasteiger partial charge in [-0.25, -0.2) is 0 Å². The molecule has 2 aliphatic rings. The van der Waals surface area contributed by atoms with Crippen LogP contribution in [0.2, 0.25) is 0 Å². The summed E-state index contributed by atoms with van der Waals surface area (Å²) in [5.74, 6) is 1.06. The molecule has 3 atom stereocenters. The van der Waals surface area contributed by atoms with Crippen molar-refractivity contribution in [3.8, 4) is 0 Å². The fourth-order valence-corrected chi connectivity index (χ4v) is 3.71. The Morgan fingerprint density at radius 3 is 2.40 bits per heavy atom. The van der Waals surface area contributed by atoms with Crippen molar-refractivity contribution in [2.24, 2.45) is 17.8 Å². The topological polar surface area (TPSA) is 55.4 Å². The number of rotatable bonds is 5. The second-order valence-corrected chi connectivity index (χ2v) is 8.23. The van der Waals surface area contributed by atoms with Gasteiger partial charge in [0.05, 0.1) is 6.61 Å². The smallest absolute Gasteiger partial charge is 0.325 e. The summed E-state index contributed by atoms with van der Waals surface area (Å²) in [6, 6.07) is 7.50. The average molecular weight is 341 g/mol. The zero-order valence-electron chi connectivity index (χ0n) is 15.2. The van der Waals surface area contributed by atoms with Crippen LogP contribution in [-0.2, 0) is 14.9 Å². The number of carbonyl (C=O) groups excluding carboxylic acids is 2. The zero-order valence-corrected chi connectivity index (χ0v) is 15.2. The molecule has 0 heterocycles. The first-order valence-corrected chi connectivity index (χ1v) is 9.05. The number of amides is 1. The van der Waals surface area contributed by atoms with Crippen molar-refractivity contribution >= 4 is 11.9 Å².